The molecule has 19 heavy (non-hydrogen) atoms. The quantitative estimate of drug-likeness (QED) is 0.781. The van der Waals surface area contributed by atoms with Gasteiger partial charge in [-0.15, -0.1) is 5.10 Å². The summed E-state index contributed by atoms with van der Waals surface area (Å²) in [4.78, 5) is 13.6. The SMILES string of the molecule is CCN(CCNC(C)C)c1ccc2n[nH]c(=O)n2n1. The van der Waals surface area contributed by atoms with Crippen molar-refractivity contribution in [3.63, 3.8) is 0 Å². The minimum atomic E-state index is -0.312. The maximum absolute atomic E-state index is 11.5. The Morgan fingerprint density at radius 3 is 2.95 bits per heavy atom. The van der Waals surface area contributed by atoms with Crippen LogP contribution in [0.25, 0.3) is 5.65 Å². The van der Waals surface area contributed by atoms with Crippen molar-refractivity contribution in [1.82, 2.24) is 25.1 Å². The van der Waals surface area contributed by atoms with Gasteiger partial charge in [0, 0.05) is 25.7 Å². The molecule has 0 aliphatic carbocycles. The summed E-state index contributed by atoms with van der Waals surface area (Å²) in [6.45, 7) is 8.87. The average Bonchev–Trinajstić information content (AvgIpc) is 2.76. The molecule has 0 saturated heterocycles. The molecule has 0 aromatic carbocycles. The predicted octanol–water partition coefficient (Wildman–Crippen LogP) is 0.242. The van der Waals surface area contributed by atoms with Crippen LogP contribution in [0.2, 0.25) is 0 Å². The van der Waals surface area contributed by atoms with Crippen LogP contribution in [0.5, 0.6) is 0 Å². The van der Waals surface area contributed by atoms with Gasteiger partial charge in [0.1, 0.15) is 5.82 Å². The molecule has 2 N–H and O–H groups in total. The minimum absolute atomic E-state index is 0.312. The summed E-state index contributed by atoms with van der Waals surface area (Å²) < 4.78 is 1.29. The Morgan fingerprint density at radius 1 is 1.47 bits per heavy atom. The highest BCUT2D eigenvalue weighted by Crippen LogP contribution is 2.09. The van der Waals surface area contributed by atoms with Gasteiger partial charge in [-0.25, -0.2) is 9.89 Å². The fourth-order valence-electron chi connectivity index (χ4n) is 1.88. The third kappa shape index (κ3) is 3.11. The van der Waals surface area contributed by atoms with Crippen LogP contribution in [-0.4, -0.2) is 45.5 Å². The molecule has 0 spiro atoms. The van der Waals surface area contributed by atoms with Gasteiger partial charge in [-0.2, -0.15) is 9.61 Å². The van der Waals surface area contributed by atoms with Crippen molar-refractivity contribution in [1.29, 1.82) is 0 Å². The van der Waals surface area contributed by atoms with E-state index in [1.54, 1.807) is 6.07 Å². The first kappa shape index (κ1) is 13.5. The maximum Gasteiger partial charge on any atom is 0.364 e. The number of nitrogens with one attached hydrogen (secondary N) is 2. The van der Waals surface area contributed by atoms with Crippen molar-refractivity contribution in [2.75, 3.05) is 24.5 Å². The van der Waals surface area contributed by atoms with E-state index in [9.17, 15) is 4.79 Å². The summed E-state index contributed by atoms with van der Waals surface area (Å²) >= 11 is 0. The van der Waals surface area contributed by atoms with Crippen LogP contribution in [0.1, 0.15) is 20.8 Å². The van der Waals surface area contributed by atoms with E-state index in [1.807, 2.05) is 6.07 Å². The minimum Gasteiger partial charge on any atom is -0.354 e. The molecule has 7 nitrogen and oxygen atoms in total. The molecule has 0 atom stereocenters. The fourth-order valence-corrected chi connectivity index (χ4v) is 1.88. The van der Waals surface area contributed by atoms with Crippen molar-refractivity contribution in [2.24, 2.45) is 0 Å². The highest BCUT2D eigenvalue weighted by molar-refractivity contribution is 5.44. The number of fused-ring (bicyclic) bond motifs is 1. The molecule has 0 bridgehead atoms. The lowest BCUT2D eigenvalue weighted by molar-refractivity contribution is 0.581. The molecule has 0 amide bonds. The van der Waals surface area contributed by atoms with Crippen LogP contribution in [0.4, 0.5) is 5.82 Å². The van der Waals surface area contributed by atoms with E-state index in [2.05, 4.69) is 46.3 Å². The number of likely N-dealkylation sites (N-methyl/N-ethyl adjacent to an activating group) is 1. The number of nitrogens with zero attached hydrogens (tertiary/aromatic N) is 4. The summed E-state index contributed by atoms with van der Waals surface area (Å²) in [5, 5.41) is 13.9. The third-order valence-corrected chi connectivity index (χ3v) is 2.90. The van der Waals surface area contributed by atoms with E-state index in [4.69, 9.17) is 0 Å². The Labute approximate surface area is 111 Å². The van der Waals surface area contributed by atoms with E-state index in [0.29, 0.717) is 11.7 Å². The number of aromatic amines is 1. The van der Waals surface area contributed by atoms with E-state index in [0.717, 1.165) is 25.5 Å². The summed E-state index contributed by atoms with van der Waals surface area (Å²) in [5.74, 6) is 0.782. The van der Waals surface area contributed by atoms with Gasteiger partial charge in [0.15, 0.2) is 5.65 Å². The summed E-state index contributed by atoms with van der Waals surface area (Å²) in [7, 11) is 0. The Hall–Kier alpha value is -1.89. The smallest absolute Gasteiger partial charge is 0.354 e. The molecule has 0 aliphatic heterocycles. The van der Waals surface area contributed by atoms with Crippen molar-refractivity contribution in [3.05, 3.63) is 22.6 Å². The molecule has 0 radical (unpaired) electrons. The molecular formula is C12H20N6O. The van der Waals surface area contributed by atoms with Gasteiger partial charge in [-0.3, -0.25) is 0 Å². The zero-order valence-electron chi connectivity index (χ0n) is 11.6. The molecule has 104 valence electrons. The Bertz CT molecular complexity index is 587. The fraction of sp³-hybridized carbons (Fsp3) is 0.583. The number of anilines is 1. The Morgan fingerprint density at radius 2 is 2.26 bits per heavy atom. The largest absolute Gasteiger partial charge is 0.364 e. The highest BCUT2D eigenvalue weighted by atomic mass is 16.2. The van der Waals surface area contributed by atoms with Crippen molar-refractivity contribution >= 4 is 11.5 Å². The number of H-pyrrole nitrogens is 1. The number of aromatic nitrogens is 4. The molecule has 7 heteroatoms. The highest BCUT2D eigenvalue weighted by Gasteiger charge is 2.08. The van der Waals surface area contributed by atoms with Gasteiger partial charge in [-0.1, -0.05) is 13.8 Å². The molecule has 2 heterocycles. The van der Waals surface area contributed by atoms with Crippen LogP contribution < -0.4 is 15.9 Å². The van der Waals surface area contributed by atoms with E-state index < -0.39 is 0 Å². The second-order valence-electron chi connectivity index (χ2n) is 4.68. The molecule has 0 fully saturated rings. The lowest BCUT2D eigenvalue weighted by Crippen LogP contribution is -2.35. The average molecular weight is 264 g/mol. The number of rotatable bonds is 6. The van der Waals surface area contributed by atoms with Gasteiger partial charge in [0.25, 0.3) is 0 Å². The predicted molar refractivity (Wildman–Crippen MR) is 74.6 cm³/mol. The molecule has 0 saturated carbocycles. The van der Waals surface area contributed by atoms with Crippen LogP contribution in [0.15, 0.2) is 16.9 Å². The third-order valence-electron chi connectivity index (χ3n) is 2.90. The molecule has 0 unspecified atom stereocenters. The van der Waals surface area contributed by atoms with Gasteiger partial charge >= 0.3 is 5.69 Å². The monoisotopic (exact) mass is 264 g/mol. The lowest BCUT2D eigenvalue weighted by Gasteiger charge is -2.22. The van der Waals surface area contributed by atoms with E-state index in [1.165, 1.54) is 4.52 Å². The van der Waals surface area contributed by atoms with Crippen LogP contribution in [-0.2, 0) is 0 Å². The van der Waals surface area contributed by atoms with Crippen molar-refractivity contribution < 1.29 is 0 Å². The first-order valence-corrected chi connectivity index (χ1v) is 6.54. The Balaban J connectivity index is 2.15. The summed E-state index contributed by atoms with van der Waals surface area (Å²) in [5.41, 5.74) is 0.221. The van der Waals surface area contributed by atoms with Gasteiger partial charge in [0.2, 0.25) is 0 Å². The van der Waals surface area contributed by atoms with Crippen molar-refractivity contribution in [3.8, 4) is 0 Å². The molecular weight excluding hydrogens is 244 g/mol. The summed E-state index contributed by atoms with van der Waals surface area (Å²) in [6, 6.07) is 4.14. The van der Waals surface area contributed by atoms with E-state index >= 15 is 0 Å². The second kappa shape index (κ2) is 5.83. The van der Waals surface area contributed by atoms with Gasteiger partial charge in [0.05, 0.1) is 0 Å². The second-order valence-corrected chi connectivity index (χ2v) is 4.68. The van der Waals surface area contributed by atoms with E-state index in [-0.39, 0.29) is 5.69 Å². The van der Waals surface area contributed by atoms with Gasteiger partial charge < -0.3 is 10.2 Å². The van der Waals surface area contributed by atoms with Crippen molar-refractivity contribution in [2.45, 2.75) is 26.8 Å². The molecule has 0 aliphatic rings. The number of hydrogen-bond acceptors (Lipinski definition) is 5. The topological polar surface area (TPSA) is 78.3 Å². The normalized spacial score (nSPS) is 11.4. The standard InChI is InChI=1S/C12H20N6O/c1-4-17(8-7-13-9(2)3)11-6-5-10-14-15-12(19)18(10)16-11/h5-6,9,13H,4,7-8H2,1-3H3,(H,15,19). The maximum atomic E-state index is 11.5. The first-order chi connectivity index (χ1) is 9.11. The zero-order chi connectivity index (χ0) is 13.8. The molecule has 2 rings (SSSR count). The first-order valence-electron chi connectivity index (χ1n) is 6.54. The molecule has 2 aromatic rings. The summed E-state index contributed by atoms with van der Waals surface area (Å²) in [6.07, 6.45) is 0. The van der Waals surface area contributed by atoms with Gasteiger partial charge in [-0.05, 0) is 19.1 Å². The Kier molecular flexibility index (Phi) is 4.16. The van der Waals surface area contributed by atoms with Crippen LogP contribution >= 0.6 is 0 Å². The molecule has 2 aromatic heterocycles. The lowest BCUT2D eigenvalue weighted by atomic mass is 10.3. The number of hydrogen-bond donors (Lipinski definition) is 2. The van der Waals surface area contributed by atoms with Crippen LogP contribution in [0.3, 0.4) is 0 Å². The zero-order valence-corrected chi connectivity index (χ0v) is 11.6. The van der Waals surface area contributed by atoms with Crippen LogP contribution in [0, 0.1) is 0 Å².